The summed E-state index contributed by atoms with van der Waals surface area (Å²) in [7, 11) is -3.72. The molecule has 4 aromatic rings. The van der Waals surface area contributed by atoms with E-state index in [0.29, 0.717) is 5.52 Å². The van der Waals surface area contributed by atoms with Crippen LogP contribution in [-0.4, -0.2) is 27.9 Å². The third kappa shape index (κ3) is 2.56. The molecule has 0 unspecified atom stereocenters. The van der Waals surface area contributed by atoms with Crippen molar-refractivity contribution in [3.05, 3.63) is 48.8 Å². The second-order valence-electron chi connectivity index (χ2n) is 7.10. The van der Waals surface area contributed by atoms with E-state index in [-0.39, 0.29) is 16.1 Å². The van der Waals surface area contributed by atoms with E-state index in [1.54, 1.807) is 30.5 Å². The Morgan fingerprint density at radius 3 is 2.59 bits per heavy atom. The second kappa shape index (κ2) is 6.20. The third-order valence-corrected chi connectivity index (χ3v) is 7.10. The van der Waals surface area contributed by atoms with Crippen LogP contribution in [-0.2, 0) is 9.84 Å². The number of fused-ring (bicyclic) bond motifs is 3. The van der Waals surface area contributed by atoms with Crippen LogP contribution in [0, 0.1) is 0 Å². The highest BCUT2D eigenvalue weighted by atomic mass is 32.2. The zero-order chi connectivity index (χ0) is 18.4. The van der Waals surface area contributed by atoms with Gasteiger partial charge >= 0.3 is 0 Å². The maximum atomic E-state index is 13.4. The maximum Gasteiger partial charge on any atom is 0.240 e. The summed E-state index contributed by atoms with van der Waals surface area (Å²) < 4.78 is 28.8. The van der Waals surface area contributed by atoms with Crippen LogP contribution in [0.15, 0.2) is 58.8 Å². The Morgan fingerprint density at radius 2 is 1.81 bits per heavy atom. The van der Waals surface area contributed by atoms with Gasteiger partial charge in [-0.2, -0.15) is 0 Å². The van der Waals surface area contributed by atoms with Gasteiger partial charge in [-0.1, -0.05) is 37.5 Å². The average Bonchev–Trinajstić information content (AvgIpc) is 3.33. The normalized spacial score (nSPS) is 16.3. The van der Waals surface area contributed by atoms with Gasteiger partial charge in [-0.15, -0.1) is 0 Å². The molecule has 5 rings (SSSR count). The van der Waals surface area contributed by atoms with Crippen LogP contribution in [0.2, 0.25) is 0 Å². The summed E-state index contributed by atoms with van der Waals surface area (Å²) in [6, 6.07) is 10.6. The highest BCUT2D eigenvalue weighted by Crippen LogP contribution is 2.37. The van der Waals surface area contributed by atoms with Gasteiger partial charge in [0, 0.05) is 17.6 Å². The number of aromatic nitrogens is 4. The van der Waals surface area contributed by atoms with Crippen LogP contribution in [0.3, 0.4) is 0 Å². The van der Waals surface area contributed by atoms with Crippen molar-refractivity contribution < 1.29 is 8.42 Å². The molecule has 6 nitrogen and oxygen atoms in total. The summed E-state index contributed by atoms with van der Waals surface area (Å²) in [6.45, 7) is 0. The van der Waals surface area contributed by atoms with Crippen molar-refractivity contribution in [2.75, 3.05) is 0 Å². The Hall–Kier alpha value is -2.67. The molecule has 1 saturated carbocycles. The van der Waals surface area contributed by atoms with E-state index in [1.165, 1.54) is 6.42 Å². The van der Waals surface area contributed by atoms with Gasteiger partial charge in [0.2, 0.25) is 15.0 Å². The maximum absolute atomic E-state index is 13.4. The molecule has 0 aliphatic heterocycles. The molecule has 0 spiro atoms. The van der Waals surface area contributed by atoms with Crippen molar-refractivity contribution in [3.8, 4) is 0 Å². The molecule has 138 valence electrons. The first-order valence-electron chi connectivity index (χ1n) is 9.30. The number of benzene rings is 1. The Bertz CT molecular complexity index is 1220. The first-order chi connectivity index (χ1) is 13.2. The van der Waals surface area contributed by atoms with Gasteiger partial charge < -0.3 is 9.55 Å². The molecule has 1 aromatic carbocycles. The zero-order valence-electron chi connectivity index (χ0n) is 14.8. The smallest absolute Gasteiger partial charge is 0.240 e. The van der Waals surface area contributed by atoms with E-state index in [9.17, 15) is 8.42 Å². The van der Waals surface area contributed by atoms with Crippen molar-refractivity contribution in [2.45, 2.75) is 48.2 Å². The van der Waals surface area contributed by atoms with Gasteiger partial charge in [-0.3, -0.25) is 0 Å². The van der Waals surface area contributed by atoms with E-state index in [1.807, 2.05) is 22.9 Å². The molecular weight excluding hydrogens is 360 g/mol. The van der Waals surface area contributed by atoms with Crippen LogP contribution in [0.4, 0.5) is 0 Å². The topological polar surface area (TPSA) is 80.6 Å². The SMILES string of the molecule is O=S(=O)(c1ccccc1)c1nc2cnc3[nH]ccc3c2n1C1CCCCC1. The lowest BCUT2D eigenvalue weighted by Gasteiger charge is -2.25. The highest BCUT2D eigenvalue weighted by Gasteiger charge is 2.31. The zero-order valence-corrected chi connectivity index (χ0v) is 15.6. The first kappa shape index (κ1) is 16.5. The number of imidazole rings is 1. The number of hydrogen-bond acceptors (Lipinski definition) is 4. The predicted octanol–water partition coefficient (Wildman–Crippen LogP) is 4.25. The fraction of sp³-hybridized carbons (Fsp3) is 0.300. The molecule has 3 heterocycles. The molecule has 1 aliphatic rings. The molecule has 1 aliphatic carbocycles. The number of hydrogen-bond donors (Lipinski definition) is 1. The lowest BCUT2D eigenvalue weighted by atomic mass is 9.95. The highest BCUT2D eigenvalue weighted by molar-refractivity contribution is 7.91. The van der Waals surface area contributed by atoms with Crippen LogP contribution in [0.5, 0.6) is 0 Å². The number of H-pyrrole nitrogens is 1. The fourth-order valence-electron chi connectivity index (χ4n) is 4.14. The third-order valence-electron chi connectivity index (χ3n) is 5.44. The molecule has 0 atom stereocenters. The first-order valence-corrected chi connectivity index (χ1v) is 10.8. The van der Waals surface area contributed by atoms with Crippen molar-refractivity contribution >= 4 is 31.9 Å². The molecule has 1 N–H and O–H groups in total. The summed E-state index contributed by atoms with van der Waals surface area (Å²) >= 11 is 0. The minimum Gasteiger partial charge on any atom is -0.346 e. The minimum atomic E-state index is -3.72. The number of pyridine rings is 1. The molecule has 0 bridgehead atoms. The Balaban J connectivity index is 1.84. The molecule has 3 aromatic heterocycles. The number of nitrogens with zero attached hydrogens (tertiary/aromatic N) is 3. The van der Waals surface area contributed by atoms with Crippen molar-refractivity contribution in [1.29, 1.82) is 0 Å². The monoisotopic (exact) mass is 380 g/mol. The van der Waals surface area contributed by atoms with E-state index < -0.39 is 9.84 Å². The summed E-state index contributed by atoms with van der Waals surface area (Å²) in [4.78, 5) is 12.4. The lowest BCUT2D eigenvalue weighted by molar-refractivity contribution is 0.341. The van der Waals surface area contributed by atoms with Crippen LogP contribution >= 0.6 is 0 Å². The van der Waals surface area contributed by atoms with Gasteiger partial charge in [0.05, 0.1) is 16.6 Å². The van der Waals surface area contributed by atoms with Crippen LogP contribution in [0.1, 0.15) is 38.1 Å². The molecule has 7 heteroatoms. The molecule has 27 heavy (non-hydrogen) atoms. The van der Waals surface area contributed by atoms with E-state index in [4.69, 9.17) is 0 Å². The van der Waals surface area contributed by atoms with Gasteiger partial charge in [0.15, 0.2) is 0 Å². The van der Waals surface area contributed by atoms with E-state index in [2.05, 4.69) is 15.0 Å². The molecular formula is C20H20N4O2S. The minimum absolute atomic E-state index is 0.131. The fourth-order valence-corrected chi connectivity index (χ4v) is 5.59. The van der Waals surface area contributed by atoms with Gasteiger partial charge in [-0.05, 0) is 31.0 Å². The number of nitrogens with one attached hydrogen (secondary N) is 1. The van der Waals surface area contributed by atoms with Crippen molar-refractivity contribution in [3.63, 3.8) is 0 Å². The summed E-state index contributed by atoms with van der Waals surface area (Å²) in [5.41, 5.74) is 2.24. The Morgan fingerprint density at radius 1 is 1.04 bits per heavy atom. The van der Waals surface area contributed by atoms with Gasteiger partial charge in [0.1, 0.15) is 11.2 Å². The quantitative estimate of drug-likeness (QED) is 0.576. The molecule has 0 saturated heterocycles. The van der Waals surface area contributed by atoms with Gasteiger partial charge in [0.25, 0.3) is 0 Å². The number of aromatic amines is 1. The van der Waals surface area contributed by atoms with E-state index >= 15 is 0 Å². The van der Waals surface area contributed by atoms with Crippen LogP contribution < -0.4 is 0 Å². The lowest BCUT2D eigenvalue weighted by Crippen LogP contribution is -2.18. The summed E-state index contributed by atoms with van der Waals surface area (Å²) in [5, 5.41) is 1.05. The molecule has 1 fully saturated rings. The van der Waals surface area contributed by atoms with Crippen molar-refractivity contribution in [2.24, 2.45) is 0 Å². The Labute approximate surface area is 157 Å². The summed E-state index contributed by atoms with van der Waals surface area (Å²) in [5.74, 6) is 0. The molecule has 0 radical (unpaired) electrons. The van der Waals surface area contributed by atoms with E-state index in [0.717, 1.165) is 42.2 Å². The number of sulfone groups is 1. The van der Waals surface area contributed by atoms with Crippen molar-refractivity contribution in [1.82, 2.24) is 19.5 Å². The Kier molecular flexibility index (Phi) is 3.79. The molecule has 0 amide bonds. The average molecular weight is 380 g/mol. The summed E-state index contributed by atoms with van der Waals surface area (Å²) in [6.07, 6.45) is 8.85. The second-order valence-corrected chi connectivity index (χ2v) is 8.95. The largest absolute Gasteiger partial charge is 0.346 e. The number of rotatable bonds is 3. The predicted molar refractivity (Wildman–Crippen MR) is 103 cm³/mol. The standard InChI is InChI=1S/C20H20N4O2S/c25-27(26,15-9-5-2-6-10-15)20-23-17-13-22-19-16(11-12-21-19)18(17)24(20)14-7-3-1-4-8-14/h2,5-6,9-14H,1,3-4,7-8H2,(H,21,22). The van der Waals surface area contributed by atoms with Gasteiger partial charge in [-0.25, -0.2) is 18.4 Å². The van der Waals surface area contributed by atoms with Crippen LogP contribution in [0.25, 0.3) is 22.1 Å².